The molecule has 1 aromatic carbocycles. The van der Waals surface area contributed by atoms with Gasteiger partial charge in [0.1, 0.15) is 0 Å². The number of aryl methyl sites for hydroxylation is 1. The largest absolute Gasteiger partial charge is 0.333 e. The first-order valence-electron chi connectivity index (χ1n) is 12.6. The van der Waals surface area contributed by atoms with E-state index in [1.807, 2.05) is 6.07 Å². The molecule has 0 unspecified atom stereocenters. The lowest BCUT2D eigenvalue weighted by atomic mass is 10.0. The lowest BCUT2D eigenvalue weighted by Crippen LogP contribution is -2.33. The Balaban J connectivity index is 1.40. The fraction of sp³-hybridized carbons (Fsp3) is 0.148. The second-order valence-corrected chi connectivity index (χ2v) is 10.2. The molecule has 0 spiro atoms. The minimum atomic E-state index is -2.78. The molecule has 1 N–H and O–H groups in total. The molecule has 16 heteroatoms. The number of halogens is 5. The van der Waals surface area contributed by atoms with Crippen molar-refractivity contribution in [3.05, 3.63) is 101 Å². The Bertz CT molecular complexity index is 1970. The topological polar surface area (TPSA) is 123 Å². The number of hydrogen-bond acceptors (Lipinski definition) is 6. The summed E-state index contributed by atoms with van der Waals surface area (Å²) in [5, 5.41) is 28.3. The van der Waals surface area contributed by atoms with Gasteiger partial charge in [-0.05, 0) is 23.8 Å². The lowest BCUT2D eigenvalue weighted by Gasteiger charge is -2.17. The summed E-state index contributed by atoms with van der Waals surface area (Å²) in [5.74, 6) is -0.685. The van der Waals surface area contributed by atoms with Gasteiger partial charge in [0.05, 0.1) is 39.8 Å². The zero-order chi connectivity index (χ0) is 30.2. The molecule has 5 aromatic heterocycles. The van der Waals surface area contributed by atoms with Crippen molar-refractivity contribution in [2.45, 2.75) is 19.0 Å². The Morgan fingerprint density at radius 3 is 2.49 bits per heavy atom. The molecule has 0 aliphatic carbocycles. The number of nitrogens with zero attached hydrogens (tertiary/aromatic N) is 10. The van der Waals surface area contributed by atoms with Gasteiger partial charge in [-0.15, -0.1) is 4.68 Å². The first-order chi connectivity index (χ1) is 20.7. The number of aromatic nitrogens is 10. The van der Waals surface area contributed by atoms with E-state index in [0.29, 0.717) is 43.5 Å². The molecule has 0 radical (unpaired) electrons. The van der Waals surface area contributed by atoms with Crippen LogP contribution in [0.5, 0.6) is 0 Å². The molecule has 0 aliphatic rings. The fourth-order valence-corrected chi connectivity index (χ4v) is 5.11. The maximum Gasteiger partial charge on any atom is 0.333 e. The summed E-state index contributed by atoms with van der Waals surface area (Å²) >= 11 is 12.4. The summed E-state index contributed by atoms with van der Waals surface area (Å²) in [6.45, 7) is -2.78. The summed E-state index contributed by atoms with van der Waals surface area (Å²) in [7, 11) is 1.75. The van der Waals surface area contributed by atoms with Crippen LogP contribution in [0.2, 0.25) is 10.2 Å². The van der Waals surface area contributed by atoms with E-state index < -0.39 is 18.4 Å². The maximum absolute atomic E-state index is 15.4. The Kier molecular flexibility index (Phi) is 7.43. The van der Waals surface area contributed by atoms with Gasteiger partial charge in [-0.3, -0.25) is 14.3 Å². The normalized spacial score (nSPS) is 12.1. The van der Waals surface area contributed by atoms with E-state index in [1.165, 1.54) is 35.5 Å². The Morgan fingerprint density at radius 1 is 1.02 bits per heavy atom. The minimum Gasteiger partial charge on any atom is -0.274 e. The first-order valence-corrected chi connectivity index (χ1v) is 13.3. The molecular weight excluding hydrogens is 606 g/mol. The lowest BCUT2D eigenvalue weighted by molar-refractivity contribution is -0.659. The van der Waals surface area contributed by atoms with Crippen LogP contribution in [0.25, 0.3) is 27.9 Å². The molecule has 0 saturated carbocycles. The van der Waals surface area contributed by atoms with Gasteiger partial charge in [0.25, 0.3) is 0 Å². The van der Waals surface area contributed by atoms with Gasteiger partial charge in [-0.25, -0.2) is 9.07 Å². The molecule has 0 amide bonds. The quantitative estimate of drug-likeness (QED) is 0.235. The highest BCUT2D eigenvalue weighted by Gasteiger charge is 2.24. The number of hydrogen-bond donors (Lipinski definition) is 1. The highest BCUT2D eigenvalue weighted by molar-refractivity contribution is 6.32. The maximum atomic E-state index is 15.4. The molecule has 0 saturated heterocycles. The zero-order valence-corrected chi connectivity index (χ0v) is 23.6. The molecule has 1 atom stereocenters. The molecular formula is C27H19Cl2F3N11+. The molecule has 0 bridgehead atoms. The highest BCUT2D eigenvalue weighted by Crippen LogP contribution is 2.33. The average molecular weight is 625 g/mol. The smallest absolute Gasteiger partial charge is 0.274 e. The van der Waals surface area contributed by atoms with Crippen LogP contribution in [0.3, 0.4) is 0 Å². The van der Waals surface area contributed by atoms with E-state index in [0.717, 1.165) is 0 Å². The summed E-state index contributed by atoms with van der Waals surface area (Å²) in [6.07, 6.45) is 10.9. The third-order valence-electron chi connectivity index (χ3n) is 6.69. The second-order valence-electron chi connectivity index (χ2n) is 9.48. The number of rotatable bonds is 8. The van der Waals surface area contributed by atoms with Crippen molar-refractivity contribution in [3.63, 3.8) is 0 Å². The van der Waals surface area contributed by atoms with Crippen molar-refractivity contribution < 1.29 is 17.9 Å². The standard InChI is InChI=1S/C27H18Cl2F3N11/c1-40-14-19(26(29)38-40)17-10-36-41(12-17)23(6-15-8-35-43(11-15)27(31)32)21-4-2-16(9-34-21)24-22(5-3-20(28)25(24)30)42-13-18(7-33)37-39-42/h2-5,8-14,23,27H,6H2,1H3/p+1/t23-/m1/s1. The number of nitriles is 1. The molecule has 6 aromatic rings. The van der Waals surface area contributed by atoms with Crippen LogP contribution in [0, 0.1) is 17.1 Å². The van der Waals surface area contributed by atoms with Gasteiger partial charge in [-0.1, -0.05) is 34.5 Å². The van der Waals surface area contributed by atoms with E-state index in [-0.39, 0.29) is 22.7 Å². The van der Waals surface area contributed by atoms with Crippen LogP contribution in [0.4, 0.5) is 13.2 Å². The second kappa shape index (κ2) is 11.3. The van der Waals surface area contributed by atoms with Crippen LogP contribution >= 0.6 is 23.2 Å². The Morgan fingerprint density at radius 2 is 1.84 bits per heavy atom. The van der Waals surface area contributed by atoms with Crippen molar-refractivity contribution >= 4 is 23.2 Å². The average Bonchev–Trinajstić information content (AvgIpc) is 3.80. The number of nitrogens with one attached hydrogen (secondary N) is 1. The highest BCUT2D eigenvalue weighted by atomic mass is 35.5. The predicted molar refractivity (Wildman–Crippen MR) is 148 cm³/mol. The summed E-state index contributed by atoms with van der Waals surface area (Å²) in [5.41, 5.74) is 3.40. The summed E-state index contributed by atoms with van der Waals surface area (Å²) in [4.78, 5) is 4.62. The van der Waals surface area contributed by atoms with E-state index >= 15 is 4.39 Å². The van der Waals surface area contributed by atoms with E-state index in [2.05, 4.69) is 30.6 Å². The molecule has 43 heavy (non-hydrogen) atoms. The van der Waals surface area contributed by atoms with Crippen molar-refractivity contribution in [3.8, 4) is 34.0 Å². The van der Waals surface area contributed by atoms with Crippen molar-refractivity contribution in [1.82, 2.24) is 44.6 Å². The Hall–Kier alpha value is -5.00. The molecule has 11 nitrogen and oxygen atoms in total. The Labute approximate surface area is 251 Å². The van der Waals surface area contributed by atoms with Gasteiger partial charge in [0.2, 0.25) is 0 Å². The zero-order valence-electron chi connectivity index (χ0n) is 22.1. The molecule has 5 heterocycles. The molecule has 6 rings (SSSR count). The number of benzene rings is 1. The van der Waals surface area contributed by atoms with Gasteiger partial charge in [-0.2, -0.15) is 29.3 Å². The van der Waals surface area contributed by atoms with Crippen molar-refractivity contribution in [2.75, 3.05) is 0 Å². The monoisotopic (exact) mass is 624 g/mol. The van der Waals surface area contributed by atoms with Crippen LogP contribution in [0.1, 0.15) is 29.5 Å². The molecule has 216 valence electrons. The molecule has 0 fully saturated rings. The van der Waals surface area contributed by atoms with Crippen LogP contribution < -0.4 is 4.68 Å². The van der Waals surface area contributed by atoms with E-state index in [9.17, 15) is 8.78 Å². The van der Waals surface area contributed by atoms with Crippen LogP contribution in [0.15, 0.2) is 67.6 Å². The number of H-pyrrole nitrogens is 1. The van der Waals surface area contributed by atoms with Crippen LogP contribution in [-0.4, -0.2) is 44.6 Å². The van der Waals surface area contributed by atoms with Crippen molar-refractivity contribution in [1.29, 1.82) is 5.26 Å². The fourth-order valence-electron chi connectivity index (χ4n) is 4.68. The number of aromatic amines is 1. The van der Waals surface area contributed by atoms with E-state index in [4.69, 9.17) is 28.5 Å². The van der Waals surface area contributed by atoms with E-state index in [1.54, 1.807) is 53.2 Å². The third kappa shape index (κ3) is 5.47. The van der Waals surface area contributed by atoms with Gasteiger partial charge in [0.15, 0.2) is 28.9 Å². The summed E-state index contributed by atoms with van der Waals surface area (Å²) < 4.78 is 47.1. The summed E-state index contributed by atoms with van der Waals surface area (Å²) in [6, 6.07) is 7.71. The first kappa shape index (κ1) is 28.1. The third-order valence-corrected chi connectivity index (χ3v) is 7.26. The van der Waals surface area contributed by atoms with Gasteiger partial charge >= 0.3 is 12.2 Å². The van der Waals surface area contributed by atoms with Crippen LogP contribution in [-0.2, 0) is 13.5 Å². The number of pyridine rings is 1. The van der Waals surface area contributed by atoms with Crippen molar-refractivity contribution in [2.24, 2.45) is 7.05 Å². The van der Waals surface area contributed by atoms with Gasteiger partial charge < -0.3 is 0 Å². The number of alkyl halides is 2. The predicted octanol–water partition coefficient (Wildman–Crippen LogP) is 5.09. The SMILES string of the molecule is Cn1cc(-c2cnn([C@H](Cc3cnn(C(F)F)c3)c3ccc(-c4c(-[n+]5cc(C#N)n[nH]5)ccc(Cl)c4F)cn3)c2)c(Cl)n1. The minimum absolute atomic E-state index is 0.101. The van der Waals surface area contributed by atoms with Gasteiger partial charge in [0, 0.05) is 54.9 Å². The molecule has 0 aliphatic heterocycles.